The minimum atomic E-state index is -5.71. The molecule has 162 valence electrons. The third-order valence-corrected chi connectivity index (χ3v) is 2.27. The van der Waals surface area contributed by atoms with Gasteiger partial charge in [0, 0.05) is 5.57 Å². The molecule has 0 radical (unpaired) electrons. The number of carbonyl (C=O) groups excluding carboxylic acids is 1. The molecule has 0 saturated heterocycles. The Morgan fingerprint density at radius 2 is 1.22 bits per heavy atom. The van der Waals surface area contributed by atoms with Crippen LogP contribution >= 0.6 is 0 Å². The van der Waals surface area contributed by atoms with Gasteiger partial charge in [-0.2, -0.15) is 35.1 Å². The number of hydrogen-bond donors (Lipinski definition) is 1. The predicted molar refractivity (Wildman–Crippen MR) is 64.7 cm³/mol. The van der Waals surface area contributed by atoms with Crippen LogP contribution in [-0.2, 0) is 9.53 Å². The van der Waals surface area contributed by atoms with E-state index >= 15 is 0 Å². The Morgan fingerprint density at radius 1 is 0.889 bits per heavy atom. The monoisotopic (exact) mass is 432 g/mol. The summed E-state index contributed by atoms with van der Waals surface area (Å²) < 4.78 is 144. The molecular formula is C12H12F12O3. The van der Waals surface area contributed by atoms with Crippen LogP contribution in [-0.4, -0.2) is 60.8 Å². The molecule has 2 unspecified atom stereocenters. The normalized spacial score (nSPS) is 15.3. The number of aliphatic hydroxyl groups is 1. The van der Waals surface area contributed by atoms with Gasteiger partial charge in [-0.3, -0.25) is 0 Å². The Labute approximate surface area is 143 Å². The molecule has 0 aliphatic carbocycles. The Bertz CT molecular complexity index is 497. The van der Waals surface area contributed by atoms with Crippen LogP contribution < -0.4 is 0 Å². The molecule has 0 spiro atoms. The summed E-state index contributed by atoms with van der Waals surface area (Å²) in [5.74, 6) is -10.9. The van der Waals surface area contributed by atoms with Gasteiger partial charge in [0.05, 0.1) is 0 Å². The van der Waals surface area contributed by atoms with Crippen LogP contribution in [0.1, 0.15) is 6.92 Å². The molecule has 3 nitrogen and oxygen atoms in total. The fourth-order valence-corrected chi connectivity index (χ4v) is 0.917. The van der Waals surface area contributed by atoms with Crippen molar-refractivity contribution in [2.24, 2.45) is 0 Å². The fourth-order valence-electron chi connectivity index (χ4n) is 0.917. The first kappa shape index (κ1) is 27.5. The van der Waals surface area contributed by atoms with Crippen LogP contribution in [0.3, 0.4) is 0 Å². The Balaban J connectivity index is 0. The molecule has 0 aliphatic heterocycles. The Kier molecular flexibility index (Phi) is 9.70. The summed E-state index contributed by atoms with van der Waals surface area (Å²) in [5, 5.41) is 7.64. The summed E-state index contributed by atoms with van der Waals surface area (Å²) in [4.78, 5) is 10.6. The van der Waals surface area contributed by atoms with E-state index in [1.165, 1.54) is 0 Å². The van der Waals surface area contributed by atoms with Gasteiger partial charge in [-0.25, -0.2) is 22.4 Å². The highest BCUT2D eigenvalue weighted by atomic mass is 19.4. The zero-order valence-electron chi connectivity index (χ0n) is 13.1. The van der Waals surface area contributed by atoms with E-state index in [9.17, 15) is 57.5 Å². The molecule has 0 bridgehead atoms. The van der Waals surface area contributed by atoms with Crippen LogP contribution in [0.4, 0.5) is 52.7 Å². The average molecular weight is 432 g/mol. The van der Waals surface area contributed by atoms with Crippen LogP contribution in [0.25, 0.3) is 0 Å². The number of rotatable bonds is 6. The maximum Gasteiger partial charge on any atom is 0.425 e. The standard InChI is InChI=1S/C8H8F6O2.C4H4F6O/c1-4(2)5(15)16-3-7(10,11)6(9)8(12,13)14;5-2(4(8,9)10)3(6,7)1-11/h6H,1,3H2,2H3;2,11H,1H2. The molecule has 0 aliphatic rings. The van der Waals surface area contributed by atoms with Gasteiger partial charge in [0.15, 0.2) is 6.61 Å². The van der Waals surface area contributed by atoms with Crippen LogP contribution in [0, 0.1) is 0 Å². The molecule has 1 N–H and O–H groups in total. The SMILES string of the molecule is C=C(C)C(=O)OCC(F)(F)C(F)C(F)(F)F.OCC(F)(F)C(F)C(F)(F)F. The van der Waals surface area contributed by atoms with Gasteiger partial charge in [0.2, 0.25) is 0 Å². The molecule has 15 heteroatoms. The predicted octanol–water partition coefficient (Wildman–Crippen LogP) is 4.16. The number of halogens is 12. The minimum Gasteiger partial charge on any atom is -0.456 e. The van der Waals surface area contributed by atoms with Crippen LogP contribution in [0.5, 0.6) is 0 Å². The molecule has 27 heavy (non-hydrogen) atoms. The number of carbonyl (C=O) groups is 1. The third kappa shape index (κ3) is 9.72. The maximum absolute atomic E-state index is 12.5. The Hall–Kier alpha value is -1.67. The molecule has 0 aromatic heterocycles. The molecule has 0 saturated carbocycles. The number of alkyl halides is 12. The van der Waals surface area contributed by atoms with E-state index in [1.807, 2.05) is 0 Å². The van der Waals surface area contributed by atoms with Crippen molar-refractivity contribution >= 4 is 5.97 Å². The summed E-state index contributed by atoms with van der Waals surface area (Å²) in [6, 6.07) is 0. The summed E-state index contributed by atoms with van der Waals surface area (Å²) >= 11 is 0. The van der Waals surface area contributed by atoms with Crippen LogP contribution in [0.2, 0.25) is 0 Å². The summed E-state index contributed by atoms with van der Waals surface area (Å²) in [5.41, 5.74) is -0.279. The number of ether oxygens (including phenoxy) is 1. The maximum atomic E-state index is 12.5. The quantitative estimate of drug-likeness (QED) is 0.390. The van der Waals surface area contributed by atoms with Gasteiger partial charge < -0.3 is 9.84 Å². The second kappa shape index (κ2) is 9.50. The molecule has 0 heterocycles. The van der Waals surface area contributed by atoms with Gasteiger partial charge in [-0.05, 0) is 6.92 Å². The lowest BCUT2D eigenvalue weighted by molar-refractivity contribution is -0.254. The lowest BCUT2D eigenvalue weighted by atomic mass is 10.2. The summed E-state index contributed by atoms with van der Waals surface area (Å²) in [7, 11) is 0. The number of aliphatic hydroxyl groups excluding tert-OH is 1. The Morgan fingerprint density at radius 3 is 1.44 bits per heavy atom. The molecule has 0 fully saturated rings. The lowest BCUT2D eigenvalue weighted by Gasteiger charge is -2.22. The molecule has 0 rings (SSSR count). The van der Waals surface area contributed by atoms with Crippen molar-refractivity contribution in [3.05, 3.63) is 12.2 Å². The third-order valence-electron chi connectivity index (χ3n) is 2.27. The first-order chi connectivity index (χ1) is 11.7. The average Bonchev–Trinajstić information content (AvgIpc) is 2.49. The highest BCUT2D eigenvalue weighted by molar-refractivity contribution is 5.86. The molecule has 2 atom stereocenters. The smallest absolute Gasteiger partial charge is 0.425 e. The van der Waals surface area contributed by atoms with Gasteiger partial charge in [0.25, 0.3) is 12.3 Å². The van der Waals surface area contributed by atoms with Crippen LogP contribution in [0.15, 0.2) is 12.2 Å². The number of esters is 1. The van der Waals surface area contributed by atoms with E-state index in [0.717, 1.165) is 6.92 Å². The van der Waals surface area contributed by atoms with Crippen molar-refractivity contribution in [1.29, 1.82) is 0 Å². The second-order valence-electron chi connectivity index (χ2n) is 4.84. The fraction of sp³-hybridized carbons (Fsp3) is 0.750. The zero-order chi connectivity index (χ0) is 22.4. The summed E-state index contributed by atoms with van der Waals surface area (Å²) in [6.45, 7) is -0.0236. The summed E-state index contributed by atoms with van der Waals surface area (Å²) in [6.07, 6.45) is -20.0. The largest absolute Gasteiger partial charge is 0.456 e. The second-order valence-corrected chi connectivity index (χ2v) is 4.84. The molecule has 0 aromatic carbocycles. The highest BCUT2D eigenvalue weighted by Gasteiger charge is 2.57. The van der Waals surface area contributed by atoms with E-state index in [-0.39, 0.29) is 5.57 Å². The zero-order valence-corrected chi connectivity index (χ0v) is 13.1. The van der Waals surface area contributed by atoms with Crippen molar-refractivity contribution in [3.63, 3.8) is 0 Å². The van der Waals surface area contributed by atoms with Gasteiger partial charge in [0.1, 0.15) is 6.61 Å². The van der Waals surface area contributed by atoms with Crippen molar-refractivity contribution < 1.29 is 67.3 Å². The lowest BCUT2D eigenvalue weighted by Crippen LogP contribution is -2.45. The topological polar surface area (TPSA) is 46.5 Å². The number of hydrogen-bond acceptors (Lipinski definition) is 3. The van der Waals surface area contributed by atoms with Crippen molar-refractivity contribution in [3.8, 4) is 0 Å². The van der Waals surface area contributed by atoms with Crippen molar-refractivity contribution in [2.75, 3.05) is 13.2 Å². The van der Waals surface area contributed by atoms with E-state index in [4.69, 9.17) is 5.11 Å². The minimum absolute atomic E-state index is 0.279. The van der Waals surface area contributed by atoms with E-state index in [1.54, 1.807) is 0 Å². The van der Waals surface area contributed by atoms with Gasteiger partial charge in [-0.1, -0.05) is 6.58 Å². The molecule has 0 amide bonds. The van der Waals surface area contributed by atoms with E-state index < -0.39 is 55.7 Å². The van der Waals surface area contributed by atoms with Crippen molar-refractivity contribution in [2.45, 2.75) is 43.5 Å². The van der Waals surface area contributed by atoms with E-state index in [2.05, 4.69) is 11.3 Å². The van der Waals surface area contributed by atoms with Crippen molar-refractivity contribution in [1.82, 2.24) is 0 Å². The first-order valence-electron chi connectivity index (χ1n) is 6.30. The first-order valence-corrected chi connectivity index (χ1v) is 6.30. The molecular weight excluding hydrogens is 420 g/mol. The van der Waals surface area contributed by atoms with Gasteiger partial charge in [-0.15, -0.1) is 0 Å². The van der Waals surface area contributed by atoms with Gasteiger partial charge >= 0.3 is 30.2 Å². The van der Waals surface area contributed by atoms with E-state index in [0.29, 0.717) is 0 Å². The molecule has 0 aromatic rings. The highest BCUT2D eigenvalue weighted by Crippen LogP contribution is 2.35.